The molecule has 2 heterocycles. The zero-order valence-corrected chi connectivity index (χ0v) is 14.0. The summed E-state index contributed by atoms with van der Waals surface area (Å²) >= 11 is 6.11. The summed E-state index contributed by atoms with van der Waals surface area (Å²) in [4.78, 5) is 2.64. The van der Waals surface area contributed by atoms with Gasteiger partial charge in [0.15, 0.2) is 0 Å². The summed E-state index contributed by atoms with van der Waals surface area (Å²) in [6.07, 6.45) is 6.24. The first-order chi connectivity index (χ1) is 8.65. The summed E-state index contributed by atoms with van der Waals surface area (Å²) in [6.45, 7) is 0. The van der Waals surface area contributed by atoms with Gasteiger partial charge in [0.1, 0.15) is 0 Å². The molecule has 0 spiro atoms. The fourth-order valence-corrected chi connectivity index (χ4v) is 4.43. The van der Waals surface area contributed by atoms with E-state index in [1.54, 1.807) is 0 Å². The van der Waals surface area contributed by atoms with Crippen LogP contribution in [0.4, 0.5) is 5.69 Å². The van der Waals surface area contributed by atoms with E-state index >= 15 is 0 Å². The van der Waals surface area contributed by atoms with Crippen LogP contribution in [0.5, 0.6) is 0 Å². The van der Waals surface area contributed by atoms with Crippen molar-refractivity contribution in [3.8, 4) is 0 Å². The van der Waals surface area contributed by atoms with E-state index in [4.69, 9.17) is 5.73 Å². The lowest BCUT2D eigenvalue weighted by Crippen LogP contribution is -2.55. The Bertz CT molecular complexity index is 437. The number of nitrogens with two attached hydrogens (primary N) is 1. The monoisotopic (exact) mass is 420 g/mol. The van der Waals surface area contributed by atoms with Crippen LogP contribution in [-0.4, -0.2) is 18.1 Å². The number of rotatable bonds is 1. The lowest BCUT2D eigenvalue weighted by molar-refractivity contribution is 0.271. The number of anilines is 1. The van der Waals surface area contributed by atoms with Crippen molar-refractivity contribution in [3.63, 3.8) is 0 Å². The minimum Gasteiger partial charge on any atom is -0.365 e. The third-order valence-corrected chi connectivity index (χ3v) is 5.54. The van der Waals surface area contributed by atoms with Gasteiger partial charge in [-0.25, -0.2) is 0 Å². The van der Waals surface area contributed by atoms with Crippen molar-refractivity contribution in [3.05, 3.63) is 26.2 Å². The molecule has 1 aromatic carbocycles. The molecule has 2 bridgehead atoms. The molecule has 2 N–H and O–H groups in total. The maximum atomic E-state index is 6.19. The molecule has 0 radical (unpaired) electrons. The number of halogens is 2. The summed E-state index contributed by atoms with van der Waals surface area (Å²) in [6, 6.07) is 8.30. The van der Waals surface area contributed by atoms with Crippen LogP contribution in [-0.2, 0) is 0 Å². The predicted octanol–water partition coefficient (Wildman–Crippen LogP) is 3.90. The second kappa shape index (κ2) is 5.29. The highest BCUT2D eigenvalue weighted by Crippen LogP contribution is 2.40. The molecular formula is C14H18BrIN2. The van der Waals surface area contributed by atoms with Crippen molar-refractivity contribution < 1.29 is 0 Å². The van der Waals surface area contributed by atoms with Crippen molar-refractivity contribution in [2.75, 3.05) is 4.90 Å². The molecule has 0 aromatic heterocycles. The van der Waals surface area contributed by atoms with E-state index in [1.165, 1.54) is 33.0 Å². The van der Waals surface area contributed by atoms with Gasteiger partial charge in [0.2, 0.25) is 0 Å². The van der Waals surface area contributed by atoms with Gasteiger partial charge in [-0.05, 0) is 88.8 Å². The second-order valence-corrected chi connectivity index (χ2v) is 7.57. The molecule has 0 saturated carbocycles. The number of piperidine rings is 2. The van der Waals surface area contributed by atoms with Gasteiger partial charge in [0.05, 0.1) is 5.69 Å². The first-order valence-electron chi connectivity index (χ1n) is 6.64. The van der Waals surface area contributed by atoms with E-state index in [-0.39, 0.29) is 0 Å². The van der Waals surface area contributed by atoms with Crippen LogP contribution in [0.25, 0.3) is 0 Å². The molecule has 18 heavy (non-hydrogen) atoms. The Morgan fingerprint density at radius 2 is 1.89 bits per heavy atom. The van der Waals surface area contributed by atoms with Crippen LogP contribution < -0.4 is 10.6 Å². The van der Waals surface area contributed by atoms with Crippen LogP contribution in [0.2, 0.25) is 0 Å². The molecule has 2 nitrogen and oxygen atoms in total. The predicted molar refractivity (Wildman–Crippen MR) is 88.0 cm³/mol. The third-order valence-electron chi connectivity index (χ3n) is 4.20. The van der Waals surface area contributed by atoms with E-state index in [2.05, 4.69) is 61.6 Å². The van der Waals surface area contributed by atoms with Gasteiger partial charge in [0, 0.05) is 26.2 Å². The molecule has 0 aliphatic carbocycles. The van der Waals surface area contributed by atoms with Crippen LogP contribution in [0, 0.1) is 3.57 Å². The number of benzene rings is 1. The van der Waals surface area contributed by atoms with Crippen molar-refractivity contribution in [2.45, 2.75) is 50.2 Å². The van der Waals surface area contributed by atoms with Gasteiger partial charge in [-0.1, -0.05) is 0 Å². The van der Waals surface area contributed by atoms with E-state index in [0.29, 0.717) is 18.1 Å². The zero-order chi connectivity index (χ0) is 12.7. The average molecular weight is 421 g/mol. The van der Waals surface area contributed by atoms with Crippen LogP contribution in [0.15, 0.2) is 22.7 Å². The Morgan fingerprint density at radius 1 is 1.22 bits per heavy atom. The molecule has 2 aliphatic heterocycles. The van der Waals surface area contributed by atoms with E-state index in [1.807, 2.05) is 0 Å². The van der Waals surface area contributed by atoms with Crippen molar-refractivity contribution >= 4 is 44.2 Å². The highest BCUT2D eigenvalue weighted by Gasteiger charge is 2.37. The van der Waals surface area contributed by atoms with Gasteiger partial charge in [-0.2, -0.15) is 0 Å². The molecule has 2 aliphatic rings. The fraction of sp³-hybridized carbons (Fsp3) is 0.571. The average Bonchev–Trinajstić information content (AvgIpc) is 2.31. The summed E-state index contributed by atoms with van der Waals surface area (Å²) < 4.78 is 2.52. The van der Waals surface area contributed by atoms with Crippen molar-refractivity contribution in [1.82, 2.24) is 0 Å². The Hall–Kier alpha value is 0.190. The molecule has 98 valence electrons. The Balaban J connectivity index is 1.97. The molecule has 1 aromatic rings. The van der Waals surface area contributed by atoms with Gasteiger partial charge < -0.3 is 10.6 Å². The van der Waals surface area contributed by atoms with E-state index in [9.17, 15) is 0 Å². The molecular weight excluding hydrogens is 403 g/mol. The first kappa shape index (κ1) is 13.2. The fourth-order valence-electron chi connectivity index (χ4n) is 3.50. The van der Waals surface area contributed by atoms with Gasteiger partial charge in [0.25, 0.3) is 0 Å². The summed E-state index contributed by atoms with van der Waals surface area (Å²) in [5.74, 6) is 0. The Kier molecular flexibility index (Phi) is 3.87. The minimum atomic E-state index is 0.401. The molecule has 2 saturated heterocycles. The van der Waals surface area contributed by atoms with E-state index in [0.717, 1.165) is 12.8 Å². The minimum absolute atomic E-state index is 0.401. The maximum absolute atomic E-state index is 6.19. The Labute approximate surface area is 131 Å². The highest BCUT2D eigenvalue weighted by atomic mass is 127. The summed E-state index contributed by atoms with van der Waals surface area (Å²) in [5, 5.41) is 0. The first-order valence-corrected chi connectivity index (χ1v) is 8.51. The molecule has 4 heteroatoms. The number of hydrogen-bond acceptors (Lipinski definition) is 2. The van der Waals surface area contributed by atoms with E-state index < -0.39 is 0 Å². The standard InChI is InChI=1S/C14H18BrIN2/c15-13-5-4-9(16)6-14(13)18-11-2-1-3-12(18)8-10(17)7-11/h4-6,10-12H,1-3,7-8,17H2. The number of fused-ring (bicyclic) bond motifs is 2. The molecule has 2 atom stereocenters. The summed E-state index contributed by atoms with van der Waals surface area (Å²) in [5.41, 5.74) is 7.56. The molecule has 3 rings (SSSR count). The second-order valence-electron chi connectivity index (χ2n) is 5.47. The smallest absolute Gasteiger partial charge is 0.0526 e. The van der Waals surface area contributed by atoms with Crippen molar-refractivity contribution in [1.29, 1.82) is 0 Å². The van der Waals surface area contributed by atoms with Gasteiger partial charge in [-0.15, -0.1) is 0 Å². The van der Waals surface area contributed by atoms with Crippen molar-refractivity contribution in [2.24, 2.45) is 5.73 Å². The lowest BCUT2D eigenvalue weighted by Gasteiger charge is -2.50. The molecule has 2 unspecified atom stereocenters. The quantitative estimate of drug-likeness (QED) is 0.698. The third kappa shape index (κ3) is 2.43. The van der Waals surface area contributed by atoms with Crippen LogP contribution in [0.1, 0.15) is 32.1 Å². The summed E-state index contributed by atoms with van der Waals surface area (Å²) in [7, 11) is 0. The highest BCUT2D eigenvalue weighted by molar-refractivity contribution is 14.1. The molecule has 2 fully saturated rings. The normalized spacial score (nSPS) is 31.5. The van der Waals surface area contributed by atoms with Gasteiger partial charge in [-0.3, -0.25) is 0 Å². The van der Waals surface area contributed by atoms with Crippen LogP contribution >= 0.6 is 38.5 Å². The maximum Gasteiger partial charge on any atom is 0.0526 e. The zero-order valence-electron chi connectivity index (χ0n) is 10.3. The topological polar surface area (TPSA) is 29.3 Å². The number of nitrogens with zero attached hydrogens (tertiary/aromatic N) is 1. The Morgan fingerprint density at radius 3 is 2.56 bits per heavy atom. The SMILES string of the molecule is NC1CC2CCCC(C1)N2c1cc(I)ccc1Br. The van der Waals surface area contributed by atoms with Crippen LogP contribution in [0.3, 0.4) is 0 Å². The molecule has 0 amide bonds. The number of hydrogen-bond donors (Lipinski definition) is 1. The van der Waals surface area contributed by atoms with Gasteiger partial charge >= 0.3 is 0 Å². The lowest BCUT2D eigenvalue weighted by atomic mass is 9.81. The largest absolute Gasteiger partial charge is 0.365 e.